The number of carbonyl (C=O) groups is 4. The topological polar surface area (TPSA) is 206 Å². The lowest BCUT2D eigenvalue weighted by atomic mass is 9.77. The first-order valence-corrected chi connectivity index (χ1v) is 28.7. The molecule has 5 heterocycles. The molecule has 3 amide bonds. The number of aliphatic hydroxyl groups is 1. The first-order chi connectivity index (χ1) is 38.5. The van der Waals surface area contributed by atoms with Crippen LogP contribution in [0.25, 0.3) is 10.4 Å². The number of benzene rings is 3. The van der Waals surface area contributed by atoms with E-state index in [9.17, 15) is 24.3 Å². The fourth-order valence-electron chi connectivity index (χ4n) is 9.98. The minimum absolute atomic E-state index is 0.00655. The van der Waals surface area contributed by atoms with E-state index in [1.165, 1.54) is 4.90 Å². The number of anilines is 1. The van der Waals surface area contributed by atoms with Crippen LogP contribution in [0.5, 0.6) is 5.75 Å². The van der Waals surface area contributed by atoms with Gasteiger partial charge in [0, 0.05) is 80.2 Å². The van der Waals surface area contributed by atoms with E-state index in [1.54, 1.807) is 40.9 Å². The largest absolute Gasteiger partial charge is 0.491 e. The highest BCUT2D eigenvalue weighted by Gasteiger charge is 2.46. The number of likely N-dealkylation sites (tertiary alicyclic amines) is 1. The van der Waals surface area contributed by atoms with Crippen LogP contribution in [0.4, 0.5) is 5.69 Å². The number of nitrogens with zero attached hydrogens (tertiary/aromatic N) is 6. The van der Waals surface area contributed by atoms with Crippen LogP contribution in [0.1, 0.15) is 63.4 Å². The zero-order valence-electron chi connectivity index (χ0n) is 46.1. The molecule has 0 radical (unpaired) electrons. The molecular weight excluding hydrogens is 1090 g/mol. The van der Waals surface area contributed by atoms with Gasteiger partial charge >= 0.3 is 0 Å². The standard InChI is InChI=1S/C58H73Cl2N7O12S/c1-39(41-6-8-42(9-7-41)54-40(2)62-38-80-54)63-55(71)52-30-45(68)31-67(52)56(72)50(57(3,4)5)29-46(69)32-75-26-24-73-22-23-74-25-27-76-35-53(70)66-20-18-65(19-21-66)44-11-13-47(14-12-44)77-33-48-34-78-58(79-48,36-64-17-16-61-37-64)49-15-10-43(59)28-51(49)60/h6-17,28,37-39,45,48,50,52,68H,18-27,29-36H2,1-5H3,(H,63,71)/t39-,45+,48-,50+,52-,58-/m0/s1. The van der Waals surface area contributed by atoms with E-state index < -0.39 is 29.3 Å². The number of ketones is 1. The first-order valence-electron chi connectivity index (χ1n) is 27.1. The van der Waals surface area contributed by atoms with Gasteiger partial charge in [-0.1, -0.05) is 74.3 Å². The molecule has 0 saturated carbocycles. The number of amides is 3. The number of β-amino-alcohol motifs (C(OH)–C–C–N with tert-alkyl or cyclic N) is 1. The number of imidazole rings is 1. The Balaban J connectivity index is 0.651. The predicted octanol–water partition coefficient (Wildman–Crippen LogP) is 7.14. The van der Waals surface area contributed by atoms with E-state index in [1.807, 2.05) is 105 Å². The van der Waals surface area contributed by atoms with Crippen LogP contribution in [0.2, 0.25) is 10.0 Å². The fraction of sp³-hybridized carbons (Fsp3) is 0.517. The number of ether oxygens (including phenoxy) is 7. The van der Waals surface area contributed by atoms with Gasteiger partial charge in [0.2, 0.25) is 23.5 Å². The molecule has 432 valence electrons. The lowest BCUT2D eigenvalue weighted by Crippen LogP contribution is -2.50. The molecule has 0 spiro atoms. The zero-order chi connectivity index (χ0) is 56.8. The van der Waals surface area contributed by atoms with E-state index in [-0.39, 0.29) is 94.7 Å². The Morgan fingerprint density at radius 3 is 2.23 bits per heavy atom. The number of aryl methyl sites for hydroxylation is 1. The number of rotatable bonds is 27. The van der Waals surface area contributed by atoms with Gasteiger partial charge in [-0.15, -0.1) is 11.3 Å². The molecule has 3 fully saturated rings. The summed E-state index contributed by atoms with van der Waals surface area (Å²) in [6.45, 7) is 14.2. The first kappa shape index (κ1) is 60.6. The molecule has 2 aromatic heterocycles. The van der Waals surface area contributed by atoms with Gasteiger partial charge in [-0.25, -0.2) is 9.97 Å². The predicted molar refractivity (Wildman–Crippen MR) is 303 cm³/mol. The summed E-state index contributed by atoms with van der Waals surface area (Å²) in [7, 11) is 0. The number of aromatic nitrogens is 3. The minimum Gasteiger partial charge on any atom is -0.491 e. The molecule has 6 atom stereocenters. The lowest BCUT2D eigenvalue weighted by molar-refractivity contribution is -0.189. The summed E-state index contributed by atoms with van der Waals surface area (Å²) < 4.78 is 43.3. The second kappa shape index (κ2) is 28.5. The number of thiazole rings is 1. The highest BCUT2D eigenvalue weighted by Crippen LogP contribution is 2.41. The Morgan fingerprint density at radius 2 is 1.59 bits per heavy atom. The second-order valence-electron chi connectivity index (χ2n) is 21.3. The van der Waals surface area contributed by atoms with Crippen molar-refractivity contribution >= 4 is 63.7 Å². The fourth-order valence-corrected chi connectivity index (χ4v) is 11.3. The molecule has 2 N–H and O–H groups in total. The van der Waals surface area contributed by atoms with Crippen molar-refractivity contribution in [1.82, 2.24) is 29.7 Å². The second-order valence-corrected chi connectivity index (χ2v) is 23.0. The Kier molecular flexibility index (Phi) is 21.5. The third-order valence-electron chi connectivity index (χ3n) is 14.4. The van der Waals surface area contributed by atoms with Crippen molar-refractivity contribution in [2.45, 2.75) is 84.1 Å². The van der Waals surface area contributed by atoms with E-state index in [0.29, 0.717) is 80.5 Å². The highest BCUT2D eigenvalue weighted by molar-refractivity contribution is 7.13. The van der Waals surface area contributed by atoms with Crippen molar-refractivity contribution in [2.24, 2.45) is 11.3 Å². The van der Waals surface area contributed by atoms with Gasteiger partial charge in [0.25, 0.3) is 0 Å². The lowest BCUT2D eigenvalue weighted by Gasteiger charge is -2.36. The number of carbonyl (C=O) groups excluding carboxylic acids is 4. The summed E-state index contributed by atoms with van der Waals surface area (Å²) in [4.78, 5) is 68.9. The van der Waals surface area contributed by atoms with Crippen LogP contribution in [-0.4, -0.2) is 170 Å². The SMILES string of the molecule is Cc1ncsc1-c1ccc([C@H](C)NC(=O)[C@@H]2C[C@@H](O)CN2C(=O)[C@@H](CC(=O)COCCOCCOCCOCC(=O)N2CCN(c3ccc(OC[C@H]4CO[C@](Cn5ccnc5)(c5ccc(Cl)cc5Cl)O4)cc3)CC2)C(C)(C)C)cc1. The van der Waals surface area contributed by atoms with Crippen molar-refractivity contribution in [3.63, 3.8) is 0 Å². The summed E-state index contributed by atoms with van der Waals surface area (Å²) in [5.41, 5.74) is 5.82. The Morgan fingerprint density at radius 1 is 0.900 bits per heavy atom. The summed E-state index contributed by atoms with van der Waals surface area (Å²) in [5, 5.41) is 14.6. The summed E-state index contributed by atoms with van der Waals surface area (Å²) in [6.07, 6.45) is 4.04. The molecule has 5 aromatic rings. The monoisotopic (exact) mass is 1160 g/mol. The Bertz CT molecular complexity index is 2810. The number of aliphatic hydroxyl groups excluding tert-OH is 1. The smallest absolute Gasteiger partial charge is 0.248 e. The van der Waals surface area contributed by atoms with Crippen LogP contribution >= 0.6 is 34.5 Å². The third kappa shape index (κ3) is 16.4. The maximum atomic E-state index is 14.1. The minimum atomic E-state index is -1.14. The molecule has 80 heavy (non-hydrogen) atoms. The molecule has 3 aliphatic rings. The number of piperazine rings is 1. The molecule has 8 rings (SSSR count). The molecule has 0 bridgehead atoms. The van der Waals surface area contributed by atoms with Crippen molar-refractivity contribution in [2.75, 3.05) is 104 Å². The zero-order valence-corrected chi connectivity index (χ0v) is 48.4. The number of nitrogens with one attached hydrogen (secondary N) is 1. The molecular formula is C58H73Cl2N7O12S. The number of hydrogen-bond acceptors (Lipinski definition) is 16. The van der Waals surface area contributed by atoms with Gasteiger partial charge < -0.3 is 62.8 Å². The van der Waals surface area contributed by atoms with Crippen LogP contribution in [0.15, 0.2) is 91.0 Å². The summed E-state index contributed by atoms with van der Waals surface area (Å²) in [5.74, 6) is -2.22. The average molecular weight is 1160 g/mol. The number of halogens is 2. The van der Waals surface area contributed by atoms with Gasteiger partial charge in [0.1, 0.15) is 37.7 Å². The van der Waals surface area contributed by atoms with Gasteiger partial charge in [-0.05, 0) is 66.8 Å². The Hall–Kier alpha value is -5.52. The maximum absolute atomic E-state index is 14.1. The van der Waals surface area contributed by atoms with Crippen molar-refractivity contribution in [3.05, 3.63) is 118 Å². The Labute approximate surface area is 481 Å². The van der Waals surface area contributed by atoms with E-state index in [4.69, 9.17) is 56.4 Å². The molecule has 3 saturated heterocycles. The highest BCUT2D eigenvalue weighted by atomic mass is 35.5. The molecule has 3 aliphatic heterocycles. The van der Waals surface area contributed by atoms with Gasteiger partial charge in [0.15, 0.2) is 5.78 Å². The molecule has 0 unspecified atom stereocenters. The van der Waals surface area contributed by atoms with Crippen molar-refractivity contribution in [3.8, 4) is 16.2 Å². The van der Waals surface area contributed by atoms with Crippen molar-refractivity contribution in [1.29, 1.82) is 0 Å². The molecule has 22 heteroatoms. The van der Waals surface area contributed by atoms with E-state index in [2.05, 4.69) is 20.2 Å². The number of Topliss-reactive ketones (excluding diaryl/α,β-unsaturated/α-hetero) is 1. The third-order valence-corrected chi connectivity index (χ3v) is 16.0. The van der Waals surface area contributed by atoms with Gasteiger partial charge in [0.05, 0.1) is 92.4 Å². The normalized spacial score (nSPS) is 20.2. The molecule has 19 nitrogen and oxygen atoms in total. The average Bonchev–Trinajstić information content (AvgIpc) is 4.31. The van der Waals surface area contributed by atoms with Gasteiger partial charge in [-0.3, -0.25) is 19.2 Å². The van der Waals surface area contributed by atoms with E-state index in [0.717, 1.165) is 27.4 Å². The van der Waals surface area contributed by atoms with Crippen LogP contribution in [0, 0.1) is 18.3 Å². The summed E-state index contributed by atoms with van der Waals surface area (Å²) in [6, 6.07) is 19.8. The van der Waals surface area contributed by atoms with E-state index >= 15 is 0 Å². The van der Waals surface area contributed by atoms with Crippen molar-refractivity contribution < 1.29 is 57.4 Å². The van der Waals surface area contributed by atoms with Crippen LogP contribution in [0.3, 0.4) is 0 Å². The maximum Gasteiger partial charge on any atom is 0.248 e. The summed E-state index contributed by atoms with van der Waals surface area (Å²) >= 11 is 14.4. The number of hydrogen-bond donors (Lipinski definition) is 2. The quantitative estimate of drug-likeness (QED) is 0.0501. The van der Waals surface area contributed by atoms with Gasteiger partial charge in [-0.2, -0.15) is 0 Å². The van der Waals surface area contributed by atoms with Crippen LogP contribution < -0.4 is 15.0 Å². The van der Waals surface area contributed by atoms with Crippen LogP contribution in [-0.2, 0) is 59.9 Å². The molecule has 0 aliphatic carbocycles. The molecule has 3 aromatic carbocycles.